The van der Waals surface area contributed by atoms with Gasteiger partial charge in [0.1, 0.15) is 0 Å². The van der Waals surface area contributed by atoms with E-state index >= 15 is 0 Å². The van der Waals surface area contributed by atoms with Crippen LogP contribution >= 0.6 is 11.3 Å². The number of aliphatic hydroxyl groups is 1. The molecule has 0 aromatic carbocycles. The summed E-state index contributed by atoms with van der Waals surface area (Å²) in [7, 11) is 1.60. The number of carbonyl (C=O) groups is 2. The van der Waals surface area contributed by atoms with Gasteiger partial charge >= 0.3 is 0 Å². The van der Waals surface area contributed by atoms with Crippen LogP contribution in [0.4, 0.5) is 0 Å². The van der Waals surface area contributed by atoms with Crippen LogP contribution in [0.3, 0.4) is 0 Å². The number of amides is 2. The van der Waals surface area contributed by atoms with E-state index in [-0.39, 0.29) is 25.0 Å². The van der Waals surface area contributed by atoms with Crippen LogP contribution < -0.4 is 0 Å². The van der Waals surface area contributed by atoms with E-state index < -0.39 is 0 Å². The van der Waals surface area contributed by atoms with Gasteiger partial charge in [-0.25, -0.2) is 0 Å². The van der Waals surface area contributed by atoms with Crippen molar-refractivity contribution in [1.29, 1.82) is 0 Å². The van der Waals surface area contributed by atoms with Crippen molar-refractivity contribution in [2.24, 2.45) is 0 Å². The van der Waals surface area contributed by atoms with E-state index in [1.165, 1.54) is 21.1 Å². The third-order valence-corrected chi connectivity index (χ3v) is 3.41. The van der Waals surface area contributed by atoms with Gasteiger partial charge in [-0.3, -0.25) is 9.59 Å². The molecule has 0 unspecified atom stereocenters. The van der Waals surface area contributed by atoms with Crippen molar-refractivity contribution in [2.75, 3.05) is 33.3 Å². The number of nitrogens with zero attached hydrogens (tertiary/aromatic N) is 2. The average Bonchev–Trinajstić information content (AvgIpc) is 2.88. The molecule has 1 N–H and O–H groups in total. The first-order chi connectivity index (χ1) is 8.60. The van der Waals surface area contributed by atoms with Crippen molar-refractivity contribution >= 4 is 23.2 Å². The van der Waals surface area contributed by atoms with Gasteiger partial charge in [0.05, 0.1) is 18.0 Å². The second kappa shape index (κ2) is 7.13. The Morgan fingerprint density at radius 1 is 1.44 bits per heavy atom. The lowest BCUT2D eigenvalue weighted by Crippen LogP contribution is -2.42. The lowest BCUT2D eigenvalue weighted by atomic mass is 10.3. The first-order valence-electron chi connectivity index (χ1n) is 5.77. The fraction of sp³-hybridized carbons (Fsp3) is 0.500. The van der Waals surface area contributed by atoms with Gasteiger partial charge < -0.3 is 14.9 Å². The molecule has 0 aliphatic carbocycles. The molecule has 1 aromatic rings. The van der Waals surface area contributed by atoms with Crippen molar-refractivity contribution in [3.8, 4) is 0 Å². The Labute approximate surface area is 111 Å². The van der Waals surface area contributed by atoms with E-state index in [0.717, 1.165) is 0 Å². The summed E-state index contributed by atoms with van der Waals surface area (Å²) in [6.45, 7) is 2.64. The third kappa shape index (κ3) is 3.82. The summed E-state index contributed by atoms with van der Waals surface area (Å²) in [6.07, 6.45) is 0. The molecule has 5 nitrogen and oxygen atoms in total. The van der Waals surface area contributed by atoms with E-state index in [1.54, 1.807) is 19.2 Å². The molecule has 100 valence electrons. The van der Waals surface area contributed by atoms with Crippen LogP contribution in [0.25, 0.3) is 0 Å². The molecule has 0 aliphatic rings. The number of likely N-dealkylation sites (N-methyl/N-ethyl adjacent to an activating group) is 2. The second-order valence-corrected chi connectivity index (χ2v) is 4.78. The minimum Gasteiger partial charge on any atom is -0.395 e. The summed E-state index contributed by atoms with van der Waals surface area (Å²) in [5.41, 5.74) is 0. The zero-order valence-electron chi connectivity index (χ0n) is 10.6. The highest BCUT2D eigenvalue weighted by Crippen LogP contribution is 2.11. The van der Waals surface area contributed by atoms with Crippen LogP contribution in [-0.4, -0.2) is 60.0 Å². The minimum atomic E-state index is -0.154. The Balaban J connectivity index is 2.56. The number of carbonyl (C=O) groups excluding carboxylic acids is 2. The summed E-state index contributed by atoms with van der Waals surface area (Å²) < 4.78 is 0. The van der Waals surface area contributed by atoms with Gasteiger partial charge in [0, 0.05) is 20.1 Å². The van der Waals surface area contributed by atoms with Gasteiger partial charge in [-0.05, 0) is 18.4 Å². The van der Waals surface area contributed by atoms with Gasteiger partial charge in [0.15, 0.2) is 0 Å². The van der Waals surface area contributed by atoms with Crippen LogP contribution in [0, 0.1) is 0 Å². The molecule has 0 atom stereocenters. The summed E-state index contributed by atoms with van der Waals surface area (Å²) in [4.78, 5) is 27.3. The summed E-state index contributed by atoms with van der Waals surface area (Å²) in [5, 5.41) is 10.7. The molecule has 0 bridgehead atoms. The molecule has 1 aromatic heterocycles. The minimum absolute atomic E-state index is 0.0323. The maximum atomic E-state index is 11.9. The summed E-state index contributed by atoms with van der Waals surface area (Å²) in [6, 6.07) is 3.54. The first-order valence-corrected chi connectivity index (χ1v) is 6.65. The van der Waals surface area contributed by atoms with Crippen molar-refractivity contribution in [1.82, 2.24) is 9.80 Å². The second-order valence-electron chi connectivity index (χ2n) is 3.84. The smallest absolute Gasteiger partial charge is 0.264 e. The lowest BCUT2D eigenvalue weighted by molar-refractivity contribution is -0.131. The normalized spacial score (nSPS) is 10.2. The SMILES string of the molecule is CCN(CCO)C(=O)CN(C)C(=O)c1cccs1. The Hall–Kier alpha value is -1.40. The van der Waals surface area contributed by atoms with Crippen LogP contribution in [0.1, 0.15) is 16.6 Å². The number of hydrogen-bond acceptors (Lipinski definition) is 4. The van der Waals surface area contributed by atoms with Crippen LogP contribution in [0.15, 0.2) is 17.5 Å². The molecule has 0 fully saturated rings. The largest absolute Gasteiger partial charge is 0.395 e. The number of rotatable bonds is 6. The number of thiophene rings is 1. The van der Waals surface area contributed by atoms with E-state index in [2.05, 4.69) is 0 Å². The van der Waals surface area contributed by atoms with E-state index in [4.69, 9.17) is 5.11 Å². The quantitative estimate of drug-likeness (QED) is 0.826. The topological polar surface area (TPSA) is 60.9 Å². The molecular weight excluding hydrogens is 252 g/mol. The monoisotopic (exact) mass is 270 g/mol. The molecule has 6 heteroatoms. The Morgan fingerprint density at radius 2 is 2.17 bits per heavy atom. The van der Waals surface area contributed by atoms with E-state index in [9.17, 15) is 9.59 Å². The van der Waals surface area contributed by atoms with Gasteiger partial charge in [0.25, 0.3) is 5.91 Å². The molecular formula is C12H18N2O3S. The highest BCUT2D eigenvalue weighted by Gasteiger charge is 2.18. The Bertz CT molecular complexity index is 392. The highest BCUT2D eigenvalue weighted by atomic mass is 32.1. The zero-order valence-corrected chi connectivity index (χ0v) is 11.4. The van der Waals surface area contributed by atoms with Crippen molar-refractivity contribution in [3.05, 3.63) is 22.4 Å². The predicted octanol–water partition coefficient (Wildman–Crippen LogP) is 0.661. The van der Waals surface area contributed by atoms with Gasteiger partial charge in [0.2, 0.25) is 5.91 Å². The summed E-state index contributed by atoms with van der Waals surface area (Å²) >= 11 is 1.35. The Kier molecular flexibility index (Phi) is 5.80. The standard InChI is InChI=1S/C12H18N2O3S/c1-3-14(6-7-15)11(16)9-13(2)12(17)10-5-4-8-18-10/h4-5,8,15H,3,6-7,9H2,1-2H3. The van der Waals surface area contributed by atoms with Crippen LogP contribution in [0.2, 0.25) is 0 Å². The average molecular weight is 270 g/mol. The number of hydrogen-bond donors (Lipinski definition) is 1. The molecule has 0 aliphatic heterocycles. The van der Waals surface area contributed by atoms with Crippen molar-refractivity contribution in [2.45, 2.75) is 6.92 Å². The molecule has 1 rings (SSSR count). The molecule has 18 heavy (non-hydrogen) atoms. The van der Waals surface area contributed by atoms with Gasteiger partial charge in [-0.15, -0.1) is 11.3 Å². The highest BCUT2D eigenvalue weighted by molar-refractivity contribution is 7.12. The predicted molar refractivity (Wildman–Crippen MR) is 70.6 cm³/mol. The number of aliphatic hydroxyl groups excluding tert-OH is 1. The van der Waals surface area contributed by atoms with Crippen LogP contribution in [-0.2, 0) is 4.79 Å². The fourth-order valence-electron chi connectivity index (χ4n) is 1.54. The first kappa shape index (κ1) is 14.7. The third-order valence-electron chi connectivity index (χ3n) is 2.56. The Morgan fingerprint density at radius 3 is 2.67 bits per heavy atom. The molecule has 0 radical (unpaired) electrons. The molecule has 0 saturated carbocycles. The maximum Gasteiger partial charge on any atom is 0.264 e. The molecule has 2 amide bonds. The maximum absolute atomic E-state index is 11.9. The molecule has 0 saturated heterocycles. The van der Waals surface area contributed by atoms with Crippen LogP contribution in [0.5, 0.6) is 0 Å². The van der Waals surface area contributed by atoms with E-state index in [1.807, 2.05) is 12.3 Å². The summed E-state index contributed by atoms with van der Waals surface area (Å²) in [5.74, 6) is -0.308. The molecule has 1 heterocycles. The van der Waals surface area contributed by atoms with Crippen molar-refractivity contribution < 1.29 is 14.7 Å². The molecule has 0 spiro atoms. The lowest BCUT2D eigenvalue weighted by Gasteiger charge is -2.23. The van der Waals surface area contributed by atoms with Gasteiger partial charge in [-0.1, -0.05) is 6.07 Å². The van der Waals surface area contributed by atoms with Gasteiger partial charge in [-0.2, -0.15) is 0 Å². The fourth-order valence-corrected chi connectivity index (χ4v) is 2.26. The van der Waals surface area contributed by atoms with E-state index in [0.29, 0.717) is 18.0 Å². The zero-order chi connectivity index (χ0) is 13.5. The van der Waals surface area contributed by atoms with Crippen molar-refractivity contribution in [3.63, 3.8) is 0 Å².